The fraction of sp³-hybridized carbons (Fsp3) is 0.143. The molecular formula is C21H19N5O2S. The van der Waals surface area contributed by atoms with Crippen molar-refractivity contribution in [2.75, 3.05) is 5.32 Å². The molecule has 0 fully saturated rings. The van der Waals surface area contributed by atoms with Gasteiger partial charge >= 0.3 is 0 Å². The second-order valence-corrected chi connectivity index (χ2v) is 7.04. The third-order valence-corrected chi connectivity index (χ3v) is 4.86. The number of rotatable bonds is 8. The number of nitrogens with zero attached hydrogens (tertiary/aromatic N) is 4. The molecule has 0 atom stereocenters. The molecule has 0 bridgehead atoms. The molecule has 146 valence electrons. The summed E-state index contributed by atoms with van der Waals surface area (Å²) in [5.74, 6) is 0.899. The first-order valence-electron chi connectivity index (χ1n) is 9.10. The number of aromatic nitrogens is 4. The van der Waals surface area contributed by atoms with Crippen LogP contribution in [-0.4, -0.2) is 25.7 Å². The van der Waals surface area contributed by atoms with Crippen molar-refractivity contribution in [2.24, 2.45) is 0 Å². The molecule has 3 heterocycles. The van der Waals surface area contributed by atoms with Crippen LogP contribution in [0.5, 0.6) is 5.75 Å². The average Bonchev–Trinajstić information content (AvgIpc) is 3.44. The Kier molecular flexibility index (Phi) is 5.92. The van der Waals surface area contributed by atoms with E-state index in [9.17, 15) is 4.79 Å². The van der Waals surface area contributed by atoms with Crippen molar-refractivity contribution in [3.63, 3.8) is 0 Å². The highest BCUT2D eigenvalue weighted by atomic mass is 32.1. The Bertz CT molecular complexity index is 1060. The van der Waals surface area contributed by atoms with E-state index in [4.69, 9.17) is 4.74 Å². The zero-order valence-corrected chi connectivity index (χ0v) is 16.4. The SMILES string of the molecule is O=C(Nc1ccn(CCc2ccncc2)n1)c1cccc(OCc2cscn2)c1. The molecule has 4 aromatic rings. The van der Waals surface area contributed by atoms with E-state index in [0.29, 0.717) is 23.7 Å². The summed E-state index contributed by atoms with van der Waals surface area (Å²) < 4.78 is 7.52. The van der Waals surface area contributed by atoms with Crippen LogP contribution in [0.4, 0.5) is 5.82 Å². The second-order valence-electron chi connectivity index (χ2n) is 6.32. The summed E-state index contributed by atoms with van der Waals surface area (Å²) in [6.45, 7) is 1.09. The highest BCUT2D eigenvalue weighted by molar-refractivity contribution is 7.07. The molecule has 4 rings (SSSR count). The Labute approximate surface area is 172 Å². The summed E-state index contributed by atoms with van der Waals surface area (Å²) in [4.78, 5) is 20.8. The number of hydrogen-bond acceptors (Lipinski definition) is 6. The van der Waals surface area contributed by atoms with Gasteiger partial charge in [-0.05, 0) is 42.3 Å². The van der Waals surface area contributed by atoms with Gasteiger partial charge in [-0.1, -0.05) is 6.07 Å². The Hall–Kier alpha value is -3.52. The number of amides is 1. The van der Waals surface area contributed by atoms with Crippen LogP contribution in [0.1, 0.15) is 21.6 Å². The molecule has 0 saturated heterocycles. The standard InChI is InChI=1S/C21H19N5O2S/c27-21(17-2-1-3-19(12-17)28-13-18-14-29-15-23-18)24-20-7-11-26(25-20)10-6-16-4-8-22-9-5-16/h1-5,7-9,11-12,14-15H,6,10,13H2,(H,24,25,27). The molecule has 0 radical (unpaired) electrons. The topological polar surface area (TPSA) is 81.9 Å². The quantitative estimate of drug-likeness (QED) is 0.482. The van der Waals surface area contributed by atoms with E-state index in [2.05, 4.69) is 20.4 Å². The van der Waals surface area contributed by atoms with Gasteiger partial charge in [-0.25, -0.2) is 4.98 Å². The lowest BCUT2D eigenvalue weighted by Gasteiger charge is -2.07. The van der Waals surface area contributed by atoms with Gasteiger partial charge < -0.3 is 10.1 Å². The Balaban J connectivity index is 1.33. The maximum absolute atomic E-state index is 12.6. The largest absolute Gasteiger partial charge is 0.487 e. The molecule has 3 aromatic heterocycles. The number of pyridine rings is 1. The summed E-state index contributed by atoms with van der Waals surface area (Å²) in [5.41, 5.74) is 4.32. The minimum Gasteiger partial charge on any atom is -0.487 e. The van der Waals surface area contributed by atoms with Crippen molar-refractivity contribution in [1.29, 1.82) is 0 Å². The molecule has 8 heteroatoms. The van der Waals surface area contributed by atoms with Gasteiger partial charge in [0.1, 0.15) is 12.4 Å². The lowest BCUT2D eigenvalue weighted by Crippen LogP contribution is -2.13. The van der Waals surface area contributed by atoms with Gasteiger partial charge in [0.2, 0.25) is 0 Å². The van der Waals surface area contributed by atoms with Gasteiger partial charge in [0.05, 0.1) is 11.2 Å². The smallest absolute Gasteiger partial charge is 0.256 e. The number of nitrogens with one attached hydrogen (secondary N) is 1. The summed E-state index contributed by atoms with van der Waals surface area (Å²) in [7, 11) is 0. The van der Waals surface area contributed by atoms with Gasteiger partial charge in [0, 0.05) is 42.1 Å². The molecule has 0 unspecified atom stereocenters. The number of anilines is 1. The molecule has 1 amide bonds. The van der Waals surface area contributed by atoms with Crippen LogP contribution in [-0.2, 0) is 19.6 Å². The minimum atomic E-state index is -0.233. The van der Waals surface area contributed by atoms with E-state index in [-0.39, 0.29) is 5.91 Å². The third kappa shape index (κ3) is 5.26. The van der Waals surface area contributed by atoms with E-state index < -0.39 is 0 Å². The van der Waals surface area contributed by atoms with Gasteiger partial charge in [-0.2, -0.15) is 5.10 Å². The molecule has 1 N–H and O–H groups in total. The number of aryl methyl sites for hydroxylation is 2. The zero-order chi connectivity index (χ0) is 19.9. The van der Waals surface area contributed by atoms with Crippen molar-refractivity contribution in [2.45, 2.75) is 19.6 Å². The van der Waals surface area contributed by atoms with Crippen LogP contribution in [0.25, 0.3) is 0 Å². The van der Waals surface area contributed by atoms with Crippen LogP contribution in [0.2, 0.25) is 0 Å². The number of carbonyl (C=O) groups is 1. The predicted octanol–water partition coefficient (Wildman–Crippen LogP) is 3.81. The van der Waals surface area contributed by atoms with E-state index in [1.807, 2.05) is 34.5 Å². The first-order valence-corrected chi connectivity index (χ1v) is 10.0. The lowest BCUT2D eigenvalue weighted by molar-refractivity contribution is 0.102. The Morgan fingerprint density at radius 2 is 2.07 bits per heavy atom. The zero-order valence-electron chi connectivity index (χ0n) is 15.6. The average molecular weight is 405 g/mol. The summed E-state index contributed by atoms with van der Waals surface area (Å²) in [6.07, 6.45) is 6.25. The maximum Gasteiger partial charge on any atom is 0.256 e. The monoisotopic (exact) mass is 405 g/mol. The fourth-order valence-corrected chi connectivity index (χ4v) is 3.27. The Morgan fingerprint density at radius 3 is 2.90 bits per heavy atom. The van der Waals surface area contributed by atoms with Gasteiger partial charge in [0.25, 0.3) is 5.91 Å². The minimum absolute atomic E-state index is 0.233. The molecule has 29 heavy (non-hydrogen) atoms. The van der Waals surface area contributed by atoms with Crippen LogP contribution >= 0.6 is 11.3 Å². The molecule has 0 spiro atoms. The molecule has 0 aliphatic heterocycles. The molecule has 0 aliphatic rings. The number of thiazole rings is 1. The normalized spacial score (nSPS) is 10.6. The molecule has 0 aliphatic carbocycles. The first-order chi connectivity index (χ1) is 14.3. The van der Waals surface area contributed by atoms with Crippen molar-refractivity contribution in [3.8, 4) is 5.75 Å². The highest BCUT2D eigenvalue weighted by Gasteiger charge is 2.10. The first kappa shape index (κ1) is 18.8. The van der Waals surface area contributed by atoms with Gasteiger partial charge in [0.15, 0.2) is 5.82 Å². The van der Waals surface area contributed by atoms with Crippen LogP contribution in [0.15, 0.2) is 71.9 Å². The molecule has 7 nitrogen and oxygen atoms in total. The van der Waals surface area contributed by atoms with E-state index in [1.165, 1.54) is 16.9 Å². The molecular weight excluding hydrogens is 386 g/mol. The number of ether oxygens (including phenoxy) is 1. The van der Waals surface area contributed by atoms with Crippen LogP contribution < -0.4 is 10.1 Å². The van der Waals surface area contributed by atoms with Crippen molar-refractivity contribution >= 4 is 23.1 Å². The Morgan fingerprint density at radius 1 is 1.17 bits per heavy atom. The second kappa shape index (κ2) is 9.11. The van der Waals surface area contributed by atoms with Gasteiger partial charge in [-0.3, -0.25) is 14.5 Å². The third-order valence-electron chi connectivity index (χ3n) is 4.23. The van der Waals surface area contributed by atoms with E-state index >= 15 is 0 Å². The van der Waals surface area contributed by atoms with Crippen molar-refractivity contribution in [3.05, 3.63) is 88.8 Å². The van der Waals surface area contributed by atoms with Crippen molar-refractivity contribution < 1.29 is 9.53 Å². The van der Waals surface area contributed by atoms with E-state index in [0.717, 1.165) is 18.7 Å². The van der Waals surface area contributed by atoms with Crippen molar-refractivity contribution in [1.82, 2.24) is 19.7 Å². The summed E-state index contributed by atoms with van der Waals surface area (Å²) in [6, 6.07) is 12.8. The number of carbonyl (C=O) groups excluding carboxylic acids is 1. The molecule has 0 saturated carbocycles. The predicted molar refractivity (Wildman–Crippen MR) is 111 cm³/mol. The molecule has 1 aromatic carbocycles. The maximum atomic E-state index is 12.6. The van der Waals surface area contributed by atoms with E-state index in [1.54, 1.807) is 42.2 Å². The number of hydrogen-bond donors (Lipinski definition) is 1. The number of benzene rings is 1. The van der Waals surface area contributed by atoms with Crippen LogP contribution in [0.3, 0.4) is 0 Å². The summed E-state index contributed by atoms with van der Waals surface area (Å²) >= 11 is 1.52. The summed E-state index contributed by atoms with van der Waals surface area (Å²) in [5, 5.41) is 9.17. The fourth-order valence-electron chi connectivity index (χ4n) is 2.73. The lowest BCUT2D eigenvalue weighted by atomic mass is 10.2. The van der Waals surface area contributed by atoms with Crippen LogP contribution in [0, 0.1) is 0 Å². The van der Waals surface area contributed by atoms with Gasteiger partial charge in [-0.15, -0.1) is 11.3 Å². The highest BCUT2D eigenvalue weighted by Crippen LogP contribution is 2.16.